The predicted octanol–water partition coefficient (Wildman–Crippen LogP) is 4.71. The molecule has 2 N–H and O–H groups in total. The summed E-state index contributed by atoms with van der Waals surface area (Å²) in [5.41, 5.74) is 5.26. The number of rotatable bonds is 9. The Balaban J connectivity index is 1.31. The molecule has 2 aliphatic rings. The first kappa shape index (κ1) is 28.0. The van der Waals surface area contributed by atoms with E-state index in [2.05, 4.69) is 43.7 Å². The number of imidazole rings is 1. The fraction of sp³-hybridized carbons (Fsp3) is 0.400. The molecule has 0 atom stereocenters. The fourth-order valence-electron chi connectivity index (χ4n) is 5.35. The van der Waals surface area contributed by atoms with Crippen LogP contribution in [-0.2, 0) is 27.9 Å². The van der Waals surface area contributed by atoms with Gasteiger partial charge in [0.25, 0.3) is 5.91 Å². The van der Waals surface area contributed by atoms with Gasteiger partial charge in [0.2, 0.25) is 10.0 Å². The molecule has 4 aromatic rings. The van der Waals surface area contributed by atoms with E-state index in [-0.39, 0.29) is 28.2 Å². The predicted molar refractivity (Wildman–Crippen MR) is 161 cm³/mol. The van der Waals surface area contributed by atoms with Gasteiger partial charge in [0.05, 0.1) is 48.5 Å². The summed E-state index contributed by atoms with van der Waals surface area (Å²) in [4.78, 5) is 18.2. The van der Waals surface area contributed by atoms with Crippen LogP contribution in [0.3, 0.4) is 0 Å². The van der Waals surface area contributed by atoms with Crippen LogP contribution in [-0.4, -0.2) is 52.2 Å². The Morgan fingerprint density at radius 2 is 1.74 bits per heavy atom. The summed E-state index contributed by atoms with van der Waals surface area (Å²) in [6.45, 7) is 6.28. The zero-order valence-electron chi connectivity index (χ0n) is 24.6. The monoisotopic (exact) mass is 589 g/mol. The molecule has 2 fully saturated rings. The van der Waals surface area contributed by atoms with Crippen molar-refractivity contribution in [2.24, 2.45) is 7.05 Å². The van der Waals surface area contributed by atoms with E-state index in [9.17, 15) is 13.2 Å². The minimum absolute atomic E-state index is 0.0769. The van der Waals surface area contributed by atoms with E-state index in [4.69, 9.17) is 4.74 Å². The van der Waals surface area contributed by atoms with Crippen LogP contribution in [0.2, 0.25) is 0 Å². The van der Waals surface area contributed by atoms with Gasteiger partial charge in [0.1, 0.15) is 11.5 Å². The maximum atomic E-state index is 13.6. The molecule has 2 saturated carbocycles. The van der Waals surface area contributed by atoms with E-state index >= 15 is 0 Å². The molecule has 42 heavy (non-hydrogen) atoms. The van der Waals surface area contributed by atoms with Crippen molar-refractivity contribution < 1.29 is 17.9 Å². The topological polar surface area (TPSA) is 133 Å². The normalized spacial score (nSPS) is 16.6. The lowest BCUT2D eigenvalue weighted by Gasteiger charge is -2.19. The molecule has 0 aliphatic heterocycles. The third-order valence-electron chi connectivity index (χ3n) is 8.54. The van der Waals surface area contributed by atoms with Gasteiger partial charge in [-0.05, 0) is 73.4 Å². The third kappa shape index (κ3) is 5.15. The lowest BCUT2D eigenvalue weighted by Crippen LogP contribution is -2.17. The van der Waals surface area contributed by atoms with Crippen molar-refractivity contribution in [1.82, 2.24) is 24.5 Å². The zero-order chi connectivity index (χ0) is 30.0. The van der Waals surface area contributed by atoms with Gasteiger partial charge in [-0.25, -0.2) is 18.1 Å². The second-order valence-electron chi connectivity index (χ2n) is 12.1. The number of methoxy groups -OCH3 is 1. The van der Waals surface area contributed by atoms with Crippen molar-refractivity contribution in [1.29, 1.82) is 0 Å². The Kier molecular flexibility index (Phi) is 6.45. The number of hydrogen-bond acceptors (Lipinski definition) is 7. The first-order chi connectivity index (χ1) is 19.8. The maximum absolute atomic E-state index is 13.6. The summed E-state index contributed by atoms with van der Waals surface area (Å²) >= 11 is 0. The van der Waals surface area contributed by atoms with Crippen LogP contribution in [0.15, 0.2) is 42.7 Å². The molecule has 12 heteroatoms. The Morgan fingerprint density at radius 1 is 1.05 bits per heavy atom. The summed E-state index contributed by atoms with van der Waals surface area (Å²) in [5.74, 6) is 0.921. The van der Waals surface area contributed by atoms with Gasteiger partial charge >= 0.3 is 0 Å². The zero-order valence-corrected chi connectivity index (χ0v) is 25.5. The molecule has 0 spiro atoms. The summed E-state index contributed by atoms with van der Waals surface area (Å²) in [6.07, 6.45) is 8.97. The highest BCUT2D eigenvalue weighted by Crippen LogP contribution is 2.51. The van der Waals surface area contributed by atoms with Crippen molar-refractivity contribution in [2.75, 3.05) is 23.4 Å². The van der Waals surface area contributed by atoms with Gasteiger partial charge in [0.15, 0.2) is 5.75 Å². The third-order valence-corrected chi connectivity index (χ3v) is 9.13. The number of amides is 1. The molecule has 0 bridgehead atoms. The number of hydrogen-bond donors (Lipinski definition) is 2. The number of aromatic nitrogens is 5. The van der Waals surface area contributed by atoms with Crippen LogP contribution in [0.25, 0.3) is 17.1 Å². The second kappa shape index (κ2) is 9.69. The SMILES string of the molecule is COc1c(NC(=O)c2ccc(C)c(-n3cc(-c4cnc(C5(C)CC5)n4C)nn3)c2)cc(C2(C)CC2)cc1NS(C)(=O)=O. The molecule has 6 rings (SSSR count). The summed E-state index contributed by atoms with van der Waals surface area (Å²) in [6, 6.07) is 9.00. The number of nitrogens with zero attached hydrogens (tertiary/aromatic N) is 5. The number of carbonyl (C=O) groups excluding carboxylic acids is 1. The Bertz CT molecular complexity index is 1830. The average molecular weight is 590 g/mol. The van der Waals surface area contributed by atoms with Crippen LogP contribution >= 0.6 is 0 Å². The first-order valence-corrected chi connectivity index (χ1v) is 15.8. The largest absolute Gasteiger partial charge is 0.492 e. The van der Waals surface area contributed by atoms with E-state index < -0.39 is 10.0 Å². The molecule has 2 heterocycles. The van der Waals surface area contributed by atoms with E-state index in [1.54, 1.807) is 22.9 Å². The highest BCUT2D eigenvalue weighted by molar-refractivity contribution is 7.92. The lowest BCUT2D eigenvalue weighted by atomic mass is 9.96. The number of anilines is 2. The molecular formula is C30H35N7O4S. The minimum atomic E-state index is -3.58. The van der Waals surface area contributed by atoms with Crippen molar-refractivity contribution in [3.63, 3.8) is 0 Å². The number of carbonyl (C=O) groups is 1. The smallest absolute Gasteiger partial charge is 0.255 e. The van der Waals surface area contributed by atoms with Crippen LogP contribution in [0.1, 0.15) is 66.8 Å². The number of ether oxygens (including phenoxy) is 1. The van der Waals surface area contributed by atoms with Gasteiger partial charge < -0.3 is 14.6 Å². The van der Waals surface area contributed by atoms with E-state index in [0.29, 0.717) is 22.6 Å². The Morgan fingerprint density at radius 3 is 2.38 bits per heavy atom. The van der Waals surface area contributed by atoms with E-state index in [1.807, 2.05) is 38.5 Å². The average Bonchev–Trinajstić information content (AvgIpc) is 3.74. The molecule has 0 radical (unpaired) electrons. The van der Waals surface area contributed by atoms with Crippen molar-refractivity contribution in [3.8, 4) is 22.8 Å². The second-order valence-corrected chi connectivity index (χ2v) is 13.9. The number of aryl methyl sites for hydroxylation is 1. The fourth-order valence-corrected chi connectivity index (χ4v) is 5.90. The van der Waals surface area contributed by atoms with Crippen molar-refractivity contribution >= 4 is 27.3 Å². The highest BCUT2D eigenvalue weighted by atomic mass is 32.2. The van der Waals surface area contributed by atoms with Crippen molar-refractivity contribution in [3.05, 3.63) is 65.2 Å². The van der Waals surface area contributed by atoms with Gasteiger partial charge in [-0.1, -0.05) is 25.1 Å². The number of sulfonamides is 1. The molecule has 11 nitrogen and oxygen atoms in total. The molecule has 2 aromatic carbocycles. The molecule has 2 aliphatic carbocycles. The Hall–Kier alpha value is -4.19. The summed E-state index contributed by atoms with van der Waals surface area (Å²) in [7, 11) is -0.134. The molecule has 2 aromatic heterocycles. The molecular weight excluding hydrogens is 554 g/mol. The molecule has 0 unspecified atom stereocenters. The van der Waals surface area contributed by atoms with Gasteiger partial charge in [0, 0.05) is 18.0 Å². The summed E-state index contributed by atoms with van der Waals surface area (Å²) < 4.78 is 36.0. The van der Waals surface area contributed by atoms with E-state index in [0.717, 1.165) is 54.6 Å². The molecule has 1 amide bonds. The summed E-state index contributed by atoms with van der Waals surface area (Å²) in [5, 5.41) is 11.7. The quantitative estimate of drug-likeness (QED) is 0.289. The van der Waals surface area contributed by atoms with Crippen LogP contribution in [0, 0.1) is 6.92 Å². The van der Waals surface area contributed by atoms with Crippen molar-refractivity contribution in [2.45, 2.75) is 57.3 Å². The lowest BCUT2D eigenvalue weighted by molar-refractivity contribution is 0.102. The van der Waals surface area contributed by atoms with Crippen LogP contribution in [0.4, 0.5) is 11.4 Å². The first-order valence-electron chi connectivity index (χ1n) is 13.9. The van der Waals surface area contributed by atoms with Gasteiger partial charge in [-0.15, -0.1) is 5.10 Å². The minimum Gasteiger partial charge on any atom is -0.492 e. The standard InChI is InChI=1S/C30H35N7O4S/c1-18-7-8-19(13-24(18)37-17-23(33-35-37)25-16-31-28(36(25)4)30(3)11-12-30)27(38)32-21-14-20(29(2)9-10-29)15-22(26(21)41-5)34-42(6,39)40/h7-8,13-17,34H,9-12H2,1-6H3,(H,32,38). The highest BCUT2D eigenvalue weighted by Gasteiger charge is 2.43. The van der Waals surface area contributed by atoms with Gasteiger partial charge in [-0.2, -0.15) is 0 Å². The molecule has 0 saturated heterocycles. The van der Waals surface area contributed by atoms with Crippen LogP contribution in [0.5, 0.6) is 5.75 Å². The Labute approximate surface area is 245 Å². The van der Waals surface area contributed by atoms with Crippen LogP contribution < -0.4 is 14.8 Å². The molecule has 220 valence electrons. The maximum Gasteiger partial charge on any atom is 0.255 e. The number of benzene rings is 2. The van der Waals surface area contributed by atoms with Gasteiger partial charge in [-0.3, -0.25) is 9.52 Å². The van der Waals surface area contributed by atoms with E-state index in [1.165, 1.54) is 7.11 Å². The number of nitrogens with one attached hydrogen (secondary N) is 2.